The number of urea groups is 1. The number of carbonyl (C=O) groups is 2. The Bertz CT molecular complexity index is 1590. The summed E-state index contributed by atoms with van der Waals surface area (Å²) in [7, 11) is 3.39. The summed E-state index contributed by atoms with van der Waals surface area (Å²) < 4.78 is 12.7. The summed E-state index contributed by atoms with van der Waals surface area (Å²) in [6, 6.07) is 19.9. The molecule has 0 saturated heterocycles. The molecule has 0 spiro atoms. The summed E-state index contributed by atoms with van der Waals surface area (Å²) >= 11 is 37.2. The average molecular weight is 751 g/mol. The number of halogens is 6. The van der Waals surface area contributed by atoms with Gasteiger partial charge in [0.05, 0.1) is 7.11 Å². The number of nitrogens with zero attached hydrogens (tertiary/aromatic N) is 1. The standard InChI is InChI=1S/C31H30Cl6N4O5/c1-29(2)20-9-5-6-10-21(20)41(3)24(29)17-25(42)39-26(30(32,33)34)45-22-11-7-8-12-23(22)46-27(31(35,36)37)40-28(43)38-18-13-15-19(44-4)16-14-18/h5-17,26-27H,1-4H3,(H,39,42)(H2,38,40,43). The molecular formula is C31H30Cl6N4O5. The number of amides is 3. The largest absolute Gasteiger partial charge is 0.497 e. The molecule has 0 fully saturated rings. The first-order valence-electron chi connectivity index (χ1n) is 13.6. The molecule has 2 unspecified atom stereocenters. The number of alkyl halides is 6. The average Bonchev–Trinajstić information content (AvgIpc) is 3.17. The zero-order chi connectivity index (χ0) is 33.9. The number of allylic oxidation sites excluding steroid dienone is 1. The first-order valence-corrected chi connectivity index (χ1v) is 15.9. The van der Waals surface area contributed by atoms with Crippen LogP contribution in [-0.2, 0) is 10.2 Å². The molecule has 0 radical (unpaired) electrons. The summed E-state index contributed by atoms with van der Waals surface area (Å²) in [6.45, 7) is 4.02. The van der Waals surface area contributed by atoms with Gasteiger partial charge in [0.15, 0.2) is 11.5 Å². The lowest BCUT2D eigenvalue weighted by atomic mass is 9.84. The molecule has 46 heavy (non-hydrogen) atoms. The van der Waals surface area contributed by atoms with Gasteiger partial charge in [-0.05, 0) is 48.0 Å². The number of methoxy groups -OCH3 is 1. The molecule has 9 nitrogen and oxygen atoms in total. The van der Waals surface area contributed by atoms with Crippen LogP contribution in [0.3, 0.4) is 0 Å². The van der Waals surface area contributed by atoms with Crippen molar-refractivity contribution in [2.45, 2.75) is 39.3 Å². The zero-order valence-corrected chi connectivity index (χ0v) is 29.5. The van der Waals surface area contributed by atoms with Gasteiger partial charge in [-0.3, -0.25) is 10.1 Å². The molecule has 246 valence electrons. The van der Waals surface area contributed by atoms with Crippen molar-refractivity contribution >= 4 is 92.9 Å². The number of hydrogen-bond acceptors (Lipinski definition) is 6. The first-order chi connectivity index (χ1) is 21.5. The predicted molar refractivity (Wildman–Crippen MR) is 185 cm³/mol. The van der Waals surface area contributed by atoms with Crippen LogP contribution < -0.4 is 35.1 Å². The number of rotatable bonds is 9. The van der Waals surface area contributed by atoms with Crippen molar-refractivity contribution in [2.75, 3.05) is 24.4 Å². The van der Waals surface area contributed by atoms with Crippen LogP contribution in [0.2, 0.25) is 0 Å². The summed E-state index contributed by atoms with van der Waals surface area (Å²) in [5.74, 6) is 0.0384. The van der Waals surface area contributed by atoms with Gasteiger partial charge in [0.2, 0.25) is 25.9 Å². The third-order valence-corrected chi connectivity index (χ3v) is 8.21. The molecule has 0 saturated carbocycles. The summed E-state index contributed by atoms with van der Waals surface area (Å²) in [4.78, 5) is 28.0. The smallest absolute Gasteiger partial charge is 0.322 e. The van der Waals surface area contributed by atoms with Crippen molar-refractivity contribution in [2.24, 2.45) is 0 Å². The Kier molecular flexibility index (Phi) is 11.3. The number of hydrogen-bond donors (Lipinski definition) is 3. The van der Waals surface area contributed by atoms with Gasteiger partial charge in [-0.1, -0.05) is 114 Å². The minimum absolute atomic E-state index is 0.00235. The molecule has 3 aromatic carbocycles. The summed E-state index contributed by atoms with van der Waals surface area (Å²) in [6.07, 6.45) is -1.59. The molecule has 3 amide bonds. The van der Waals surface area contributed by atoms with Crippen LogP contribution in [-0.4, -0.2) is 46.1 Å². The van der Waals surface area contributed by atoms with E-state index in [-0.39, 0.29) is 11.5 Å². The Morgan fingerprint density at radius 2 is 1.33 bits per heavy atom. The Labute approximate surface area is 296 Å². The molecule has 0 aromatic heterocycles. The van der Waals surface area contributed by atoms with E-state index in [9.17, 15) is 9.59 Å². The molecule has 1 heterocycles. The van der Waals surface area contributed by atoms with E-state index in [0.717, 1.165) is 16.9 Å². The fourth-order valence-electron chi connectivity index (χ4n) is 4.77. The molecule has 3 aromatic rings. The van der Waals surface area contributed by atoms with Crippen molar-refractivity contribution < 1.29 is 23.8 Å². The molecule has 0 bridgehead atoms. The van der Waals surface area contributed by atoms with E-state index in [4.69, 9.17) is 83.8 Å². The van der Waals surface area contributed by atoms with Gasteiger partial charge in [-0.2, -0.15) is 0 Å². The van der Waals surface area contributed by atoms with Crippen LogP contribution in [0, 0.1) is 0 Å². The quantitative estimate of drug-likeness (QED) is 0.116. The minimum Gasteiger partial charge on any atom is -0.497 e. The van der Waals surface area contributed by atoms with Gasteiger partial charge >= 0.3 is 6.03 Å². The summed E-state index contributed by atoms with van der Waals surface area (Å²) in [5.41, 5.74) is 2.73. The number of likely N-dealkylation sites (N-methyl/N-ethyl adjacent to an activating group) is 1. The van der Waals surface area contributed by atoms with Crippen molar-refractivity contribution in [1.29, 1.82) is 0 Å². The second-order valence-electron chi connectivity index (χ2n) is 10.6. The fraction of sp³-hybridized carbons (Fsp3) is 0.290. The van der Waals surface area contributed by atoms with Crippen LogP contribution in [0.15, 0.2) is 84.6 Å². The molecule has 3 N–H and O–H groups in total. The highest BCUT2D eigenvalue weighted by molar-refractivity contribution is 6.68. The van der Waals surface area contributed by atoms with E-state index in [2.05, 4.69) is 16.0 Å². The normalized spacial score (nSPS) is 16.2. The van der Waals surface area contributed by atoms with Gasteiger partial charge in [-0.25, -0.2) is 4.79 Å². The number of anilines is 2. The maximum absolute atomic E-state index is 13.3. The van der Waals surface area contributed by atoms with E-state index in [1.807, 2.05) is 50.1 Å². The van der Waals surface area contributed by atoms with Gasteiger partial charge in [0.1, 0.15) is 5.75 Å². The first kappa shape index (κ1) is 35.9. The van der Waals surface area contributed by atoms with E-state index in [0.29, 0.717) is 11.4 Å². The van der Waals surface area contributed by atoms with E-state index in [1.54, 1.807) is 36.4 Å². The predicted octanol–water partition coefficient (Wildman–Crippen LogP) is 8.09. The van der Waals surface area contributed by atoms with Gasteiger partial charge in [0, 0.05) is 35.6 Å². The number of fused-ring (bicyclic) bond motifs is 1. The lowest BCUT2D eigenvalue weighted by Crippen LogP contribution is -2.50. The van der Waals surface area contributed by atoms with Gasteiger partial charge in [-0.15, -0.1) is 0 Å². The van der Waals surface area contributed by atoms with Crippen LogP contribution in [0.4, 0.5) is 16.2 Å². The van der Waals surface area contributed by atoms with E-state index in [1.165, 1.54) is 25.3 Å². The van der Waals surface area contributed by atoms with E-state index >= 15 is 0 Å². The highest BCUT2D eigenvalue weighted by atomic mass is 35.6. The molecular weight excluding hydrogens is 721 g/mol. The molecule has 15 heteroatoms. The highest BCUT2D eigenvalue weighted by Crippen LogP contribution is 2.46. The molecule has 2 atom stereocenters. The maximum Gasteiger partial charge on any atom is 0.322 e. The lowest BCUT2D eigenvalue weighted by molar-refractivity contribution is -0.119. The second kappa shape index (κ2) is 14.5. The third-order valence-electron chi connectivity index (χ3n) is 7.03. The molecule has 0 aliphatic carbocycles. The Morgan fingerprint density at radius 1 is 0.804 bits per heavy atom. The molecule has 1 aliphatic rings. The fourth-order valence-corrected chi connectivity index (χ4v) is 5.36. The van der Waals surface area contributed by atoms with Gasteiger partial charge < -0.3 is 29.7 Å². The van der Waals surface area contributed by atoms with Gasteiger partial charge in [0.25, 0.3) is 0 Å². The van der Waals surface area contributed by atoms with Crippen LogP contribution in [0.25, 0.3) is 0 Å². The van der Waals surface area contributed by atoms with Crippen LogP contribution >= 0.6 is 69.6 Å². The van der Waals surface area contributed by atoms with Crippen molar-refractivity contribution in [3.63, 3.8) is 0 Å². The Morgan fingerprint density at radius 3 is 1.85 bits per heavy atom. The number of ether oxygens (including phenoxy) is 3. The number of benzene rings is 3. The second-order valence-corrected chi connectivity index (χ2v) is 15.3. The minimum atomic E-state index is -2.14. The van der Waals surface area contributed by atoms with Crippen molar-refractivity contribution in [1.82, 2.24) is 10.6 Å². The van der Waals surface area contributed by atoms with Crippen LogP contribution in [0.1, 0.15) is 19.4 Å². The maximum atomic E-state index is 13.3. The van der Waals surface area contributed by atoms with Crippen molar-refractivity contribution in [3.05, 3.63) is 90.1 Å². The third kappa shape index (κ3) is 8.70. The Hall–Kier alpha value is -2.92. The number of nitrogens with one attached hydrogen (secondary N) is 3. The molecule has 4 rings (SSSR count). The lowest BCUT2D eigenvalue weighted by Gasteiger charge is -2.30. The SMILES string of the molecule is COc1ccc(NC(=O)NC(Oc2ccccc2OC(NC(=O)C=C2N(C)c3ccccc3C2(C)C)C(Cl)(Cl)Cl)C(Cl)(Cl)Cl)cc1. The van der Waals surface area contributed by atoms with Crippen LogP contribution in [0.5, 0.6) is 17.2 Å². The zero-order valence-electron chi connectivity index (χ0n) is 24.9. The highest BCUT2D eigenvalue weighted by Gasteiger charge is 2.41. The Balaban J connectivity index is 1.51. The van der Waals surface area contributed by atoms with Crippen molar-refractivity contribution in [3.8, 4) is 17.2 Å². The summed E-state index contributed by atoms with van der Waals surface area (Å²) in [5, 5.41) is 7.70. The topological polar surface area (TPSA) is 101 Å². The number of para-hydroxylation sites is 3. The molecule has 1 aliphatic heterocycles. The monoisotopic (exact) mass is 748 g/mol. The number of carbonyl (C=O) groups excluding carboxylic acids is 2. The van der Waals surface area contributed by atoms with E-state index < -0.39 is 37.4 Å².